The van der Waals surface area contributed by atoms with Gasteiger partial charge in [0.25, 0.3) is 0 Å². The maximum Gasteiger partial charge on any atom is 0.118 e. The van der Waals surface area contributed by atoms with E-state index < -0.39 is 5.60 Å². The van der Waals surface area contributed by atoms with E-state index in [4.69, 9.17) is 4.74 Å². The third-order valence-electron chi connectivity index (χ3n) is 3.61. The van der Waals surface area contributed by atoms with E-state index in [-0.39, 0.29) is 5.41 Å². The highest BCUT2D eigenvalue weighted by Crippen LogP contribution is 2.40. The van der Waals surface area contributed by atoms with Gasteiger partial charge in [0.2, 0.25) is 0 Å². The Bertz CT molecular complexity index is 567. The predicted octanol–water partition coefficient (Wildman–Crippen LogP) is 4.37. The van der Waals surface area contributed by atoms with Gasteiger partial charge in [-0.2, -0.15) is 0 Å². The van der Waals surface area contributed by atoms with Crippen molar-refractivity contribution >= 4 is 0 Å². The molecule has 0 fully saturated rings. The Kier molecular flexibility index (Phi) is 4.38. The fourth-order valence-electron chi connectivity index (χ4n) is 2.72. The zero-order valence-corrected chi connectivity index (χ0v) is 13.3. The minimum atomic E-state index is -0.994. The summed E-state index contributed by atoms with van der Waals surface area (Å²) < 4.78 is 5.21. The summed E-state index contributed by atoms with van der Waals surface area (Å²) in [6.45, 7) is 6.43. The second-order valence-electron chi connectivity index (χ2n) is 6.69. The predicted molar refractivity (Wildman–Crippen MR) is 86.5 cm³/mol. The summed E-state index contributed by atoms with van der Waals surface area (Å²) in [6, 6.07) is 17.5. The molecule has 0 aliphatic rings. The Morgan fingerprint density at radius 3 is 1.86 bits per heavy atom. The van der Waals surface area contributed by atoms with Crippen molar-refractivity contribution in [3.8, 4) is 5.75 Å². The van der Waals surface area contributed by atoms with Crippen LogP contribution < -0.4 is 4.74 Å². The first-order valence-electron chi connectivity index (χ1n) is 7.28. The van der Waals surface area contributed by atoms with Crippen LogP contribution in [-0.2, 0) is 5.60 Å². The number of hydrogen-bond donors (Lipinski definition) is 1. The molecular formula is C19H24O2. The second kappa shape index (κ2) is 5.90. The van der Waals surface area contributed by atoms with E-state index in [1.165, 1.54) is 0 Å². The number of rotatable bonds is 4. The van der Waals surface area contributed by atoms with Gasteiger partial charge in [0, 0.05) is 0 Å². The minimum absolute atomic E-state index is 0.00448. The number of aliphatic hydroxyl groups is 1. The fraction of sp³-hybridized carbons (Fsp3) is 0.368. The standard InChI is InChI=1S/C19H24O2/c1-18(2,3)14-19(20,15-8-6-5-7-9-15)16-10-12-17(21-4)13-11-16/h5-13,20H,14H2,1-4H3. The number of methoxy groups -OCH3 is 1. The third-order valence-corrected chi connectivity index (χ3v) is 3.61. The summed E-state index contributed by atoms with van der Waals surface area (Å²) in [7, 11) is 1.65. The minimum Gasteiger partial charge on any atom is -0.497 e. The number of hydrogen-bond acceptors (Lipinski definition) is 2. The van der Waals surface area contributed by atoms with Gasteiger partial charge in [0.15, 0.2) is 0 Å². The summed E-state index contributed by atoms with van der Waals surface area (Å²) in [6.07, 6.45) is 0.649. The molecule has 2 rings (SSSR count). The zero-order valence-electron chi connectivity index (χ0n) is 13.3. The molecule has 2 aromatic rings. The van der Waals surface area contributed by atoms with Crippen LogP contribution in [0.4, 0.5) is 0 Å². The molecule has 0 aromatic heterocycles. The highest BCUT2D eigenvalue weighted by Gasteiger charge is 2.35. The van der Waals surface area contributed by atoms with Crippen molar-refractivity contribution < 1.29 is 9.84 Å². The monoisotopic (exact) mass is 284 g/mol. The SMILES string of the molecule is COc1ccc(C(O)(CC(C)(C)C)c2ccccc2)cc1. The van der Waals surface area contributed by atoms with E-state index in [1.807, 2.05) is 54.6 Å². The Morgan fingerprint density at radius 2 is 1.38 bits per heavy atom. The number of benzene rings is 2. The molecule has 0 amide bonds. The van der Waals surface area contributed by atoms with Gasteiger partial charge in [-0.25, -0.2) is 0 Å². The first-order chi connectivity index (χ1) is 9.85. The lowest BCUT2D eigenvalue weighted by Gasteiger charge is -2.35. The molecule has 0 bridgehead atoms. The molecule has 0 saturated carbocycles. The van der Waals surface area contributed by atoms with Crippen molar-refractivity contribution in [2.24, 2.45) is 5.41 Å². The maximum absolute atomic E-state index is 11.4. The molecule has 0 spiro atoms. The van der Waals surface area contributed by atoms with Crippen LogP contribution in [0.15, 0.2) is 54.6 Å². The second-order valence-corrected chi connectivity index (χ2v) is 6.69. The molecule has 2 heteroatoms. The van der Waals surface area contributed by atoms with Gasteiger partial charge >= 0.3 is 0 Å². The van der Waals surface area contributed by atoms with Crippen molar-refractivity contribution in [2.45, 2.75) is 32.8 Å². The van der Waals surface area contributed by atoms with Crippen molar-refractivity contribution in [3.63, 3.8) is 0 Å². The van der Waals surface area contributed by atoms with Crippen molar-refractivity contribution in [1.29, 1.82) is 0 Å². The molecule has 112 valence electrons. The Morgan fingerprint density at radius 1 is 0.857 bits per heavy atom. The summed E-state index contributed by atoms with van der Waals surface area (Å²) in [4.78, 5) is 0. The van der Waals surface area contributed by atoms with E-state index >= 15 is 0 Å². The fourth-order valence-corrected chi connectivity index (χ4v) is 2.72. The maximum atomic E-state index is 11.4. The lowest BCUT2D eigenvalue weighted by molar-refractivity contribution is 0.0361. The van der Waals surface area contributed by atoms with E-state index in [0.29, 0.717) is 6.42 Å². The van der Waals surface area contributed by atoms with Crippen LogP contribution in [0.1, 0.15) is 38.3 Å². The normalized spacial score (nSPS) is 14.5. The van der Waals surface area contributed by atoms with Crippen LogP contribution in [0.2, 0.25) is 0 Å². The summed E-state index contributed by atoms with van der Waals surface area (Å²) in [5, 5.41) is 11.4. The first-order valence-corrected chi connectivity index (χ1v) is 7.28. The smallest absolute Gasteiger partial charge is 0.118 e. The van der Waals surface area contributed by atoms with E-state index in [9.17, 15) is 5.11 Å². The van der Waals surface area contributed by atoms with Gasteiger partial charge in [-0.3, -0.25) is 0 Å². The molecule has 1 atom stereocenters. The van der Waals surface area contributed by atoms with Crippen molar-refractivity contribution in [3.05, 3.63) is 65.7 Å². The van der Waals surface area contributed by atoms with E-state index in [2.05, 4.69) is 20.8 Å². The van der Waals surface area contributed by atoms with Gasteiger partial charge in [0.1, 0.15) is 11.4 Å². The Balaban J connectivity index is 2.49. The Labute approximate surface area is 127 Å². The number of ether oxygens (including phenoxy) is 1. The molecule has 21 heavy (non-hydrogen) atoms. The molecule has 0 saturated heterocycles. The molecule has 1 N–H and O–H groups in total. The van der Waals surface area contributed by atoms with Gasteiger partial charge in [-0.1, -0.05) is 63.2 Å². The highest BCUT2D eigenvalue weighted by atomic mass is 16.5. The van der Waals surface area contributed by atoms with Crippen LogP contribution in [-0.4, -0.2) is 12.2 Å². The third kappa shape index (κ3) is 3.64. The quantitative estimate of drug-likeness (QED) is 0.903. The van der Waals surface area contributed by atoms with Gasteiger partial charge < -0.3 is 9.84 Å². The molecule has 1 unspecified atom stereocenters. The van der Waals surface area contributed by atoms with Crippen LogP contribution in [0.25, 0.3) is 0 Å². The molecule has 0 heterocycles. The molecule has 2 aromatic carbocycles. The zero-order chi connectivity index (χ0) is 15.5. The van der Waals surface area contributed by atoms with E-state index in [0.717, 1.165) is 16.9 Å². The van der Waals surface area contributed by atoms with Gasteiger partial charge in [-0.15, -0.1) is 0 Å². The topological polar surface area (TPSA) is 29.5 Å². The summed E-state index contributed by atoms with van der Waals surface area (Å²) >= 11 is 0. The largest absolute Gasteiger partial charge is 0.497 e. The molecule has 0 aliphatic carbocycles. The molecule has 0 aliphatic heterocycles. The van der Waals surface area contributed by atoms with Crippen LogP contribution in [0, 0.1) is 5.41 Å². The van der Waals surface area contributed by atoms with Crippen molar-refractivity contribution in [1.82, 2.24) is 0 Å². The lowest BCUT2D eigenvalue weighted by atomic mass is 9.74. The van der Waals surface area contributed by atoms with Crippen molar-refractivity contribution in [2.75, 3.05) is 7.11 Å². The Hall–Kier alpha value is -1.80. The summed E-state index contributed by atoms with van der Waals surface area (Å²) in [5.74, 6) is 0.796. The molecular weight excluding hydrogens is 260 g/mol. The van der Waals surface area contributed by atoms with Gasteiger partial charge in [-0.05, 0) is 35.1 Å². The average molecular weight is 284 g/mol. The first kappa shape index (κ1) is 15.6. The summed E-state index contributed by atoms with van der Waals surface area (Å²) in [5.41, 5.74) is 0.825. The van der Waals surface area contributed by atoms with E-state index in [1.54, 1.807) is 7.11 Å². The van der Waals surface area contributed by atoms with Crippen LogP contribution in [0.5, 0.6) is 5.75 Å². The van der Waals surface area contributed by atoms with Crippen LogP contribution in [0.3, 0.4) is 0 Å². The average Bonchev–Trinajstić information content (AvgIpc) is 2.46. The van der Waals surface area contributed by atoms with Gasteiger partial charge in [0.05, 0.1) is 7.11 Å². The molecule has 0 radical (unpaired) electrons. The highest BCUT2D eigenvalue weighted by molar-refractivity contribution is 5.39. The van der Waals surface area contributed by atoms with Crippen LogP contribution >= 0.6 is 0 Å². The lowest BCUT2D eigenvalue weighted by Crippen LogP contribution is -2.32. The molecule has 2 nitrogen and oxygen atoms in total.